The van der Waals surface area contributed by atoms with Crippen molar-refractivity contribution in [3.63, 3.8) is 0 Å². The lowest BCUT2D eigenvalue weighted by molar-refractivity contribution is 0.456. The number of nitrogens with zero attached hydrogens (tertiary/aromatic N) is 2. The second-order valence-corrected chi connectivity index (χ2v) is 3.94. The van der Waals surface area contributed by atoms with Gasteiger partial charge in [-0.3, -0.25) is 0 Å². The van der Waals surface area contributed by atoms with Gasteiger partial charge in [0.05, 0.1) is 10.6 Å². The van der Waals surface area contributed by atoms with Crippen molar-refractivity contribution < 1.29 is 4.74 Å². The molecule has 6 heteroatoms. The predicted octanol–water partition coefficient (Wildman–Crippen LogP) is 2.77. The Kier molecular flexibility index (Phi) is 3.96. The van der Waals surface area contributed by atoms with Gasteiger partial charge in [0.25, 0.3) is 0 Å². The summed E-state index contributed by atoms with van der Waals surface area (Å²) in [6, 6.07) is 7.21. The molecule has 0 spiro atoms. The molecule has 0 aliphatic carbocycles. The third kappa shape index (κ3) is 2.52. The van der Waals surface area contributed by atoms with E-state index in [0.29, 0.717) is 28.9 Å². The van der Waals surface area contributed by atoms with E-state index >= 15 is 0 Å². The van der Waals surface area contributed by atoms with Crippen LogP contribution in [0.3, 0.4) is 0 Å². The van der Waals surface area contributed by atoms with Crippen molar-refractivity contribution in [1.29, 1.82) is 0 Å². The minimum Gasteiger partial charge on any atom is -0.437 e. The fourth-order valence-electron chi connectivity index (χ4n) is 1.56. The van der Waals surface area contributed by atoms with Gasteiger partial charge in [-0.15, -0.1) is 0 Å². The zero-order chi connectivity index (χ0) is 13.0. The average Bonchev–Trinajstić information content (AvgIpc) is 2.41. The maximum absolute atomic E-state index is 6.03. The van der Waals surface area contributed by atoms with Crippen molar-refractivity contribution >= 4 is 17.4 Å². The van der Waals surface area contributed by atoms with E-state index in [1.807, 2.05) is 19.1 Å². The van der Waals surface area contributed by atoms with Crippen LogP contribution in [0.1, 0.15) is 12.5 Å². The highest BCUT2D eigenvalue weighted by Gasteiger charge is 2.12. The number of nitrogens with two attached hydrogens (primary N) is 1. The second kappa shape index (κ2) is 5.66. The van der Waals surface area contributed by atoms with Gasteiger partial charge in [0, 0.05) is 0 Å². The molecular formula is C12H13ClN4O. The van der Waals surface area contributed by atoms with Crippen LogP contribution in [0.2, 0.25) is 5.02 Å². The molecule has 5 nitrogen and oxygen atoms in total. The first-order valence-corrected chi connectivity index (χ1v) is 5.87. The Balaban J connectivity index is 2.37. The summed E-state index contributed by atoms with van der Waals surface area (Å²) in [7, 11) is 0. The van der Waals surface area contributed by atoms with Crippen LogP contribution in [-0.2, 0) is 6.42 Å². The Labute approximate surface area is 110 Å². The number of benzene rings is 1. The normalized spacial score (nSPS) is 10.2. The van der Waals surface area contributed by atoms with Gasteiger partial charge in [-0.25, -0.2) is 15.8 Å². The number of aromatic nitrogens is 2. The van der Waals surface area contributed by atoms with E-state index in [1.165, 1.54) is 6.33 Å². The van der Waals surface area contributed by atoms with Crippen molar-refractivity contribution in [3.8, 4) is 11.6 Å². The lowest BCUT2D eigenvalue weighted by atomic mass is 10.2. The smallest absolute Gasteiger partial charge is 0.227 e. The third-order valence-electron chi connectivity index (χ3n) is 2.44. The summed E-state index contributed by atoms with van der Waals surface area (Å²) in [6.45, 7) is 1.97. The van der Waals surface area contributed by atoms with Crippen LogP contribution in [0.4, 0.5) is 5.82 Å². The molecule has 2 aromatic rings. The SMILES string of the molecule is CCc1c(NN)ncnc1Oc1ccccc1Cl. The molecule has 0 saturated heterocycles. The van der Waals surface area contributed by atoms with Gasteiger partial charge in [0.15, 0.2) is 0 Å². The van der Waals surface area contributed by atoms with Gasteiger partial charge in [-0.05, 0) is 18.6 Å². The summed E-state index contributed by atoms with van der Waals surface area (Å²) >= 11 is 6.03. The van der Waals surface area contributed by atoms with E-state index in [4.69, 9.17) is 22.2 Å². The number of ether oxygens (including phenoxy) is 1. The van der Waals surface area contributed by atoms with Crippen molar-refractivity contribution in [2.45, 2.75) is 13.3 Å². The number of hydrogen-bond donors (Lipinski definition) is 2. The third-order valence-corrected chi connectivity index (χ3v) is 2.75. The minimum atomic E-state index is 0.452. The Bertz CT molecular complexity index is 547. The molecule has 2 rings (SSSR count). The van der Waals surface area contributed by atoms with Crippen molar-refractivity contribution in [2.75, 3.05) is 5.43 Å². The van der Waals surface area contributed by atoms with Gasteiger partial charge < -0.3 is 10.2 Å². The van der Waals surface area contributed by atoms with Gasteiger partial charge in [0.2, 0.25) is 5.88 Å². The van der Waals surface area contributed by atoms with Gasteiger partial charge >= 0.3 is 0 Å². The van der Waals surface area contributed by atoms with Crippen LogP contribution in [0.25, 0.3) is 0 Å². The molecule has 18 heavy (non-hydrogen) atoms. The molecule has 0 radical (unpaired) electrons. The van der Waals surface area contributed by atoms with E-state index < -0.39 is 0 Å². The number of hydrogen-bond acceptors (Lipinski definition) is 5. The fourth-order valence-corrected chi connectivity index (χ4v) is 1.73. The molecule has 0 aliphatic rings. The molecule has 1 heterocycles. The summed E-state index contributed by atoms with van der Waals surface area (Å²) in [5, 5.41) is 0.528. The van der Waals surface area contributed by atoms with Crippen LogP contribution in [0.5, 0.6) is 11.6 Å². The number of rotatable bonds is 4. The Hall–Kier alpha value is -1.85. The number of nitrogen functional groups attached to an aromatic ring is 1. The first-order valence-electron chi connectivity index (χ1n) is 5.49. The van der Waals surface area contributed by atoms with Gasteiger partial charge in [-0.2, -0.15) is 0 Å². The molecule has 0 atom stereocenters. The van der Waals surface area contributed by atoms with E-state index in [9.17, 15) is 0 Å². The highest BCUT2D eigenvalue weighted by Crippen LogP contribution is 2.31. The Morgan fingerprint density at radius 2 is 2.11 bits per heavy atom. The lowest BCUT2D eigenvalue weighted by Crippen LogP contribution is -2.12. The number of para-hydroxylation sites is 1. The molecule has 0 fully saturated rings. The zero-order valence-electron chi connectivity index (χ0n) is 9.85. The summed E-state index contributed by atoms with van der Waals surface area (Å²) in [5.74, 6) is 6.95. The Morgan fingerprint density at radius 3 is 2.78 bits per heavy atom. The van der Waals surface area contributed by atoms with Crippen molar-refractivity contribution in [3.05, 3.63) is 41.2 Å². The second-order valence-electron chi connectivity index (χ2n) is 3.54. The number of halogens is 1. The highest BCUT2D eigenvalue weighted by molar-refractivity contribution is 6.32. The maximum Gasteiger partial charge on any atom is 0.227 e. The monoisotopic (exact) mass is 264 g/mol. The van der Waals surface area contributed by atoms with Crippen molar-refractivity contribution in [2.24, 2.45) is 5.84 Å². The minimum absolute atomic E-state index is 0.452. The van der Waals surface area contributed by atoms with Crippen molar-refractivity contribution in [1.82, 2.24) is 9.97 Å². The lowest BCUT2D eigenvalue weighted by Gasteiger charge is -2.12. The molecule has 1 aromatic carbocycles. The first kappa shape index (κ1) is 12.6. The van der Waals surface area contributed by atoms with Gasteiger partial charge in [0.1, 0.15) is 17.9 Å². The van der Waals surface area contributed by atoms with Crippen LogP contribution >= 0.6 is 11.6 Å². The number of hydrazine groups is 1. The average molecular weight is 265 g/mol. The molecule has 94 valence electrons. The van der Waals surface area contributed by atoms with Crippen LogP contribution < -0.4 is 16.0 Å². The van der Waals surface area contributed by atoms with E-state index in [-0.39, 0.29) is 0 Å². The van der Waals surface area contributed by atoms with Gasteiger partial charge in [-0.1, -0.05) is 30.7 Å². The number of nitrogens with one attached hydrogen (secondary N) is 1. The van der Waals surface area contributed by atoms with E-state index in [1.54, 1.807) is 12.1 Å². The summed E-state index contributed by atoms with van der Waals surface area (Å²) < 4.78 is 5.70. The summed E-state index contributed by atoms with van der Waals surface area (Å²) in [4.78, 5) is 8.14. The van der Waals surface area contributed by atoms with Crippen LogP contribution in [0.15, 0.2) is 30.6 Å². The first-order chi connectivity index (χ1) is 8.76. The zero-order valence-corrected chi connectivity index (χ0v) is 10.6. The fraction of sp³-hybridized carbons (Fsp3) is 0.167. The van der Waals surface area contributed by atoms with E-state index in [2.05, 4.69) is 15.4 Å². The standard InChI is InChI=1S/C12H13ClN4O/c1-2-8-11(17-14)15-7-16-12(8)18-10-6-4-3-5-9(10)13/h3-7H,2,14H2,1H3,(H,15,16,17). The van der Waals surface area contributed by atoms with Crippen LogP contribution in [-0.4, -0.2) is 9.97 Å². The van der Waals surface area contributed by atoms with E-state index in [0.717, 1.165) is 5.56 Å². The molecule has 3 N–H and O–H groups in total. The predicted molar refractivity (Wildman–Crippen MR) is 70.7 cm³/mol. The largest absolute Gasteiger partial charge is 0.437 e. The Morgan fingerprint density at radius 1 is 1.33 bits per heavy atom. The number of anilines is 1. The summed E-state index contributed by atoms with van der Waals surface area (Å²) in [6.07, 6.45) is 2.08. The topological polar surface area (TPSA) is 73.1 Å². The molecular weight excluding hydrogens is 252 g/mol. The highest BCUT2D eigenvalue weighted by atomic mass is 35.5. The molecule has 0 bridgehead atoms. The quantitative estimate of drug-likeness (QED) is 0.656. The van der Waals surface area contributed by atoms with Crippen LogP contribution in [0, 0.1) is 0 Å². The summed E-state index contributed by atoms with van der Waals surface area (Å²) in [5.41, 5.74) is 3.33. The molecule has 0 saturated carbocycles. The molecule has 0 aliphatic heterocycles. The molecule has 0 amide bonds. The maximum atomic E-state index is 6.03. The molecule has 1 aromatic heterocycles. The molecule has 0 unspecified atom stereocenters.